The number of halogens is 1. The maximum atomic E-state index is 12.3. The standard InChI is InChI=1S/C19H28N4O2.ClH/c1-14-11-16(7-8-20-14)18(24)21-13-15-5-4-6-17(12-15)22-19(25)23-9-2-3-10-23;/h4-6,12,14,16,20H,2-3,7-11,13H2,1H3,(H,21,24)(H,22,25);1H/t14-,16-;/m0./s1. The van der Waals surface area contributed by atoms with Crippen molar-refractivity contribution in [2.75, 3.05) is 25.0 Å². The monoisotopic (exact) mass is 380 g/mol. The zero-order chi connectivity index (χ0) is 17.6. The first kappa shape index (κ1) is 20.5. The van der Waals surface area contributed by atoms with Gasteiger partial charge in [0.1, 0.15) is 0 Å². The van der Waals surface area contributed by atoms with Crippen molar-refractivity contribution in [1.29, 1.82) is 0 Å². The molecule has 26 heavy (non-hydrogen) atoms. The summed E-state index contributed by atoms with van der Waals surface area (Å²) in [6.07, 6.45) is 3.93. The SMILES string of the molecule is C[C@H]1C[C@@H](C(=O)NCc2cccc(NC(=O)N3CCCC3)c2)CCN1.Cl. The van der Waals surface area contributed by atoms with Gasteiger partial charge in [-0.3, -0.25) is 4.79 Å². The number of rotatable bonds is 4. The lowest BCUT2D eigenvalue weighted by Gasteiger charge is -2.27. The van der Waals surface area contributed by atoms with Gasteiger partial charge in [-0.1, -0.05) is 12.1 Å². The minimum absolute atomic E-state index is 0. The number of piperidine rings is 1. The minimum Gasteiger partial charge on any atom is -0.352 e. The first-order chi connectivity index (χ1) is 12.1. The Labute approximate surface area is 161 Å². The topological polar surface area (TPSA) is 73.5 Å². The third-order valence-electron chi connectivity index (χ3n) is 5.03. The van der Waals surface area contributed by atoms with E-state index in [4.69, 9.17) is 0 Å². The van der Waals surface area contributed by atoms with Gasteiger partial charge in [0.2, 0.25) is 5.91 Å². The van der Waals surface area contributed by atoms with E-state index in [2.05, 4.69) is 22.9 Å². The molecule has 2 aliphatic heterocycles. The van der Waals surface area contributed by atoms with Gasteiger partial charge in [-0.15, -0.1) is 12.4 Å². The molecule has 1 aromatic rings. The van der Waals surface area contributed by atoms with Crippen LogP contribution < -0.4 is 16.0 Å². The molecule has 3 N–H and O–H groups in total. The molecule has 2 atom stereocenters. The van der Waals surface area contributed by atoms with Crippen LogP contribution in [-0.4, -0.2) is 42.5 Å². The van der Waals surface area contributed by atoms with Crippen molar-refractivity contribution in [2.24, 2.45) is 5.92 Å². The van der Waals surface area contributed by atoms with Gasteiger partial charge in [0, 0.05) is 37.3 Å². The van der Waals surface area contributed by atoms with Crippen LogP contribution in [0.5, 0.6) is 0 Å². The van der Waals surface area contributed by atoms with Crippen molar-refractivity contribution in [3.8, 4) is 0 Å². The number of hydrogen-bond acceptors (Lipinski definition) is 3. The second kappa shape index (κ2) is 9.78. The number of carbonyl (C=O) groups is 2. The van der Waals surface area contributed by atoms with Gasteiger partial charge >= 0.3 is 6.03 Å². The molecule has 0 bridgehead atoms. The summed E-state index contributed by atoms with van der Waals surface area (Å²) in [5.74, 6) is 0.217. The summed E-state index contributed by atoms with van der Waals surface area (Å²) in [6, 6.07) is 8.05. The molecule has 0 saturated carbocycles. The quantitative estimate of drug-likeness (QED) is 0.752. The van der Waals surface area contributed by atoms with E-state index < -0.39 is 0 Å². The fourth-order valence-electron chi connectivity index (χ4n) is 3.59. The number of urea groups is 1. The summed E-state index contributed by atoms with van der Waals surface area (Å²) in [5.41, 5.74) is 1.77. The number of hydrogen-bond donors (Lipinski definition) is 3. The van der Waals surface area contributed by atoms with Crippen LogP contribution in [0.3, 0.4) is 0 Å². The van der Waals surface area contributed by atoms with Crippen molar-refractivity contribution in [3.05, 3.63) is 29.8 Å². The molecule has 3 rings (SSSR count). The Morgan fingerprint density at radius 3 is 2.77 bits per heavy atom. The molecule has 1 aromatic carbocycles. The highest BCUT2D eigenvalue weighted by Gasteiger charge is 2.24. The average Bonchev–Trinajstić information content (AvgIpc) is 3.15. The van der Waals surface area contributed by atoms with Gasteiger partial charge in [-0.05, 0) is 56.8 Å². The van der Waals surface area contributed by atoms with Crippen molar-refractivity contribution in [3.63, 3.8) is 0 Å². The summed E-state index contributed by atoms with van der Waals surface area (Å²) in [5, 5.41) is 9.35. The highest BCUT2D eigenvalue weighted by Crippen LogP contribution is 2.17. The number of nitrogens with zero attached hydrogens (tertiary/aromatic N) is 1. The highest BCUT2D eigenvalue weighted by molar-refractivity contribution is 5.89. The molecule has 2 saturated heterocycles. The molecule has 0 aromatic heterocycles. The molecule has 2 heterocycles. The Kier molecular flexibility index (Phi) is 7.72. The number of nitrogens with one attached hydrogen (secondary N) is 3. The molecule has 2 aliphatic rings. The Balaban J connectivity index is 0.00000243. The van der Waals surface area contributed by atoms with Crippen molar-refractivity contribution in [2.45, 2.75) is 45.2 Å². The van der Waals surface area contributed by atoms with Crippen LogP contribution in [-0.2, 0) is 11.3 Å². The normalized spacial score (nSPS) is 22.4. The van der Waals surface area contributed by atoms with E-state index in [-0.39, 0.29) is 30.3 Å². The Morgan fingerprint density at radius 1 is 1.27 bits per heavy atom. The number of amides is 3. The van der Waals surface area contributed by atoms with Gasteiger partial charge in [0.15, 0.2) is 0 Å². The smallest absolute Gasteiger partial charge is 0.321 e. The summed E-state index contributed by atoms with van der Waals surface area (Å²) in [7, 11) is 0. The first-order valence-electron chi connectivity index (χ1n) is 9.28. The van der Waals surface area contributed by atoms with Gasteiger partial charge in [-0.2, -0.15) is 0 Å². The molecule has 7 heteroatoms. The molecule has 0 aliphatic carbocycles. The predicted molar refractivity (Wildman–Crippen MR) is 106 cm³/mol. The molecule has 6 nitrogen and oxygen atoms in total. The van der Waals surface area contributed by atoms with Crippen LogP contribution in [0.1, 0.15) is 38.2 Å². The zero-order valence-corrected chi connectivity index (χ0v) is 16.1. The number of likely N-dealkylation sites (tertiary alicyclic amines) is 1. The summed E-state index contributed by atoms with van der Waals surface area (Å²) < 4.78 is 0. The van der Waals surface area contributed by atoms with Crippen LogP contribution in [0, 0.1) is 5.92 Å². The second-order valence-electron chi connectivity index (χ2n) is 7.12. The summed E-state index contributed by atoms with van der Waals surface area (Å²) in [4.78, 5) is 26.3. The molecular weight excluding hydrogens is 352 g/mol. The molecule has 0 unspecified atom stereocenters. The van der Waals surface area contributed by atoms with E-state index in [1.807, 2.05) is 29.2 Å². The maximum absolute atomic E-state index is 12.3. The van der Waals surface area contributed by atoms with E-state index in [1.54, 1.807) is 0 Å². The third kappa shape index (κ3) is 5.61. The van der Waals surface area contributed by atoms with Gasteiger partial charge in [0.25, 0.3) is 0 Å². The van der Waals surface area contributed by atoms with Crippen molar-refractivity contribution in [1.82, 2.24) is 15.5 Å². The van der Waals surface area contributed by atoms with Crippen LogP contribution in [0.25, 0.3) is 0 Å². The second-order valence-corrected chi connectivity index (χ2v) is 7.12. The predicted octanol–water partition coefficient (Wildman–Crippen LogP) is 2.74. The summed E-state index contributed by atoms with van der Waals surface area (Å²) >= 11 is 0. The van der Waals surface area contributed by atoms with E-state index in [9.17, 15) is 9.59 Å². The van der Waals surface area contributed by atoms with Gasteiger partial charge in [-0.25, -0.2) is 4.79 Å². The van der Waals surface area contributed by atoms with Crippen LogP contribution in [0.2, 0.25) is 0 Å². The third-order valence-corrected chi connectivity index (χ3v) is 5.03. The number of benzene rings is 1. The zero-order valence-electron chi connectivity index (χ0n) is 15.3. The van der Waals surface area contributed by atoms with E-state index in [0.717, 1.165) is 56.6 Å². The molecule has 0 spiro atoms. The summed E-state index contributed by atoms with van der Waals surface area (Å²) in [6.45, 7) is 5.17. The number of anilines is 1. The Hall–Kier alpha value is -1.79. The van der Waals surface area contributed by atoms with Crippen molar-refractivity contribution < 1.29 is 9.59 Å². The molecule has 0 radical (unpaired) electrons. The Bertz CT molecular complexity index is 619. The number of carbonyl (C=O) groups excluding carboxylic acids is 2. The van der Waals surface area contributed by atoms with Crippen LogP contribution in [0.15, 0.2) is 24.3 Å². The fourth-order valence-corrected chi connectivity index (χ4v) is 3.59. The maximum Gasteiger partial charge on any atom is 0.321 e. The van der Waals surface area contributed by atoms with Gasteiger partial charge < -0.3 is 20.9 Å². The first-order valence-corrected chi connectivity index (χ1v) is 9.28. The molecular formula is C19H29ClN4O2. The lowest BCUT2D eigenvalue weighted by atomic mass is 9.92. The average molecular weight is 381 g/mol. The van der Waals surface area contributed by atoms with E-state index in [1.165, 1.54) is 0 Å². The van der Waals surface area contributed by atoms with E-state index in [0.29, 0.717) is 12.6 Å². The lowest BCUT2D eigenvalue weighted by Crippen LogP contribution is -2.42. The van der Waals surface area contributed by atoms with Crippen molar-refractivity contribution >= 4 is 30.0 Å². The minimum atomic E-state index is -0.0395. The van der Waals surface area contributed by atoms with Crippen LogP contribution in [0.4, 0.5) is 10.5 Å². The van der Waals surface area contributed by atoms with Crippen LogP contribution >= 0.6 is 12.4 Å². The van der Waals surface area contributed by atoms with E-state index >= 15 is 0 Å². The fraction of sp³-hybridized carbons (Fsp3) is 0.579. The molecule has 3 amide bonds. The lowest BCUT2D eigenvalue weighted by molar-refractivity contribution is -0.126. The van der Waals surface area contributed by atoms with Gasteiger partial charge in [0.05, 0.1) is 0 Å². The molecule has 2 fully saturated rings. The molecule has 144 valence electrons. The Morgan fingerprint density at radius 2 is 2.04 bits per heavy atom. The highest BCUT2D eigenvalue weighted by atomic mass is 35.5. The largest absolute Gasteiger partial charge is 0.352 e.